The molecule has 4 rings (SSSR count). The van der Waals surface area contributed by atoms with Crippen LogP contribution in [0.25, 0.3) is 0 Å². The summed E-state index contributed by atoms with van der Waals surface area (Å²) >= 11 is 0. The van der Waals surface area contributed by atoms with E-state index in [9.17, 15) is 0 Å². The molecule has 0 aromatic carbocycles. The van der Waals surface area contributed by atoms with Crippen LogP contribution in [0.15, 0.2) is 0 Å². The molecular formula is C18H30O4. The summed E-state index contributed by atoms with van der Waals surface area (Å²) in [6.45, 7) is 6.56. The highest BCUT2D eigenvalue weighted by atomic mass is 16.6. The lowest BCUT2D eigenvalue weighted by molar-refractivity contribution is -0.122. The zero-order valence-corrected chi connectivity index (χ0v) is 14.1. The van der Waals surface area contributed by atoms with E-state index in [1.165, 1.54) is 25.7 Å². The molecular weight excluding hydrogens is 280 g/mol. The van der Waals surface area contributed by atoms with Crippen LogP contribution in [0, 0.1) is 0 Å². The maximum Gasteiger partial charge on any atom is 0.110 e. The highest BCUT2D eigenvalue weighted by Gasteiger charge is 2.50. The zero-order valence-electron chi connectivity index (χ0n) is 14.1. The number of ether oxygens (including phenoxy) is 4. The average Bonchev–Trinajstić information content (AvgIpc) is 3.31. The lowest BCUT2D eigenvalue weighted by Crippen LogP contribution is -2.39. The Labute approximate surface area is 133 Å². The van der Waals surface area contributed by atoms with Gasteiger partial charge < -0.3 is 18.9 Å². The van der Waals surface area contributed by atoms with Crippen molar-refractivity contribution in [3.63, 3.8) is 0 Å². The van der Waals surface area contributed by atoms with Crippen molar-refractivity contribution in [1.29, 1.82) is 0 Å². The van der Waals surface area contributed by atoms with Gasteiger partial charge in [-0.1, -0.05) is 0 Å². The third kappa shape index (κ3) is 3.35. The van der Waals surface area contributed by atoms with Crippen molar-refractivity contribution in [2.24, 2.45) is 0 Å². The van der Waals surface area contributed by atoms with Crippen molar-refractivity contribution in [2.75, 3.05) is 0 Å². The van der Waals surface area contributed by atoms with Crippen LogP contribution in [0.2, 0.25) is 0 Å². The predicted molar refractivity (Wildman–Crippen MR) is 82.9 cm³/mol. The van der Waals surface area contributed by atoms with E-state index in [0.29, 0.717) is 30.5 Å². The summed E-state index contributed by atoms with van der Waals surface area (Å²) < 4.78 is 24.1. The molecule has 7 unspecified atom stereocenters. The Balaban J connectivity index is 1.25. The Morgan fingerprint density at radius 2 is 1.55 bits per heavy atom. The Morgan fingerprint density at radius 1 is 0.955 bits per heavy atom. The lowest BCUT2D eigenvalue weighted by atomic mass is 9.94. The van der Waals surface area contributed by atoms with Gasteiger partial charge in [0, 0.05) is 6.42 Å². The molecule has 2 saturated carbocycles. The van der Waals surface area contributed by atoms with Crippen LogP contribution in [0.1, 0.15) is 65.7 Å². The van der Waals surface area contributed by atoms with Crippen LogP contribution >= 0.6 is 0 Å². The fourth-order valence-electron chi connectivity index (χ4n) is 4.57. The van der Waals surface area contributed by atoms with E-state index in [2.05, 4.69) is 20.8 Å². The molecule has 2 heterocycles. The Kier molecular flexibility index (Phi) is 4.00. The van der Waals surface area contributed by atoms with Gasteiger partial charge >= 0.3 is 0 Å². The Hall–Kier alpha value is -0.160. The highest BCUT2D eigenvalue weighted by molar-refractivity contribution is 4.98. The minimum Gasteiger partial charge on any atom is -0.372 e. The standard InChI is InChI=1S/C18H30O4/c1-11(19-12-6-4-7-13-16(12)20-13)10-18(2,3)22-15-9-5-8-14-17(15)21-14/h11-17H,4-10H2,1-3H3. The summed E-state index contributed by atoms with van der Waals surface area (Å²) in [6.07, 6.45) is 10.6. The molecule has 0 spiro atoms. The molecule has 7 atom stereocenters. The summed E-state index contributed by atoms with van der Waals surface area (Å²) in [4.78, 5) is 0. The molecule has 0 aromatic heterocycles. The number of hydrogen-bond acceptors (Lipinski definition) is 4. The monoisotopic (exact) mass is 310 g/mol. The van der Waals surface area contributed by atoms with Crippen molar-refractivity contribution >= 4 is 0 Å². The Bertz CT molecular complexity index is 410. The second-order valence-electron chi connectivity index (χ2n) is 8.25. The molecule has 2 aliphatic carbocycles. The SMILES string of the molecule is CC(CC(C)(C)OC1CCCC2OC21)OC1CCCC2OC12. The smallest absolute Gasteiger partial charge is 0.110 e. The molecule has 2 saturated heterocycles. The topological polar surface area (TPSA) is 43.5 Å². The van der Waals surface area contributed by atoms with E-state index >= 15 is 0 Å². The molecule has 0 radical (unpaired) electrons. The molecule has 126 valence electrons. The summed E-state index contributed by atoms with van der Waals surface area (Å²) in [5.41, 5.74) is -0.156. The van der Waals surface area contributed by atoms with Crippen LogP contribution in [0.5, 0.6) is 0 Å². The van der Waals surface area contributed by atoms with Gasteiger partial charge in [-0.05, 0) is 59.3 Å². The second kappa shape index (κ2) is 5.73. The van der Waals surface area contributed by atoms with Crippen LogP contribution in [0.4, 0.5) is 0 Å². The number of hydrogen-bond donors (Lipinski definition) is 0. The van der Waals surface area contributed by atoms with Gasteiger partial charge in [0.05, 0.1) is 36.1 Å². The first-order valence-electron chi connectivity index (χ1n) is 9.16. The highest BCUT2D eigenvalue weighted by Crippen LogP contribution is 2.41. The van der Waals surface area contributed by atoms with E-state index in [1.54, 1.807) is 0 Å². The van der Waals surface area contributed by atoms with Crippen molar-refractivity contribution in [1.82, 2.24) is 0 Å². The molecule has 22 heavy (non-hydrogen) atoms. The molecule has 4 heteroatoms. The lowest BCUT2D eigenvalue weighted by Gasteiger charge is -2.34. The molecule has 0 aromatic rings. The van der Waals surface area contributed by atoms with Crippen LogP contribution in [-0.4, -0.2) is 48.3 Å². The molecule has 4 nitrogen and oxygen atoms in total. The van der Waals surface area contributed by atoms with Gasteiger partial charge in [0.25, 0.3) is 0 Å². The minimum absolute atomic E-state index is 0.156. The fraction of sp³-hybridized carbons (Fsp3) is 1.00. The van der Waals surface area contributed by atoms with Gasteiger partial charge in [-0.25, -0.2) is 0 Å². The van der Waals surface area contributed by atoms with Gasteiger partial charge in [0.15, 0.2) is 0 Å². The van der Waals surface area contributed by atoms with Gasteiger partial charge in [-0.15, -0.1) is 0 Å². The first-order chi connectivity index (χ1) is 10.5. The summed E-state index contributed by atoms with van der Waals surface area (Å²) in [7, 11) is 0. The van der Waals surface area contributed by atoms with Crippen LogP contribution < -0.4 is 0 Å². The Morgan fingerprint density at radius 3 is 2.23 bits per heavy atom. The van der Waals surface area contributed by atoms with E-state index in [1.807, 2.05) is 0 Å². The van der Waals surface area contributed by atoms with Crippen molar-refractivity contribution in [2.45, 2.75) is 114 Å². The quantitative estimate of drug-likeness (QED) is 0.707. The fourth-order valence-corrected chi connectivity index (χ4v) is 4.57. The second-order valence-corrected chi connectivity index (χ2v) is 8.25. The minimum atomic E-state index is -0.156. The first-order valence-corrected chi connectivity index (χ1v) is 9.16. The van der Waals surface area contributed by atoms with E-state index in [4.69, 9.17) is 18.9 Å². The van der Waals surface area contributed by atoms with Gasteiger partial charge in [0.1, 0.15) is 12.2 Å². The molecule has 2 aliphatic heterocycles. The van der Waals surface area contributed by atoms with Crippen molar-refractivity contribution in [3.05, 3.63) is 0 Å². The van der Waals surface area contributed by atoms with Crippen molar-refractivity contribution < 1.29 is 18.9 Å². The van der Waals surface area contributed by atoms with E-state index in [-0.39, 0.29) is 17.8 Å². The number of fused-ring (bicyclic) bond motifs is 2. The van der Waals surface area contributed by atoms with Gasteiger partial charge in [0.2, 0.25) is 0 Å². The third-order valence-corrected chi connectivity index (χ3v) is 5.59. The maximum atomic E-state index is 6.39. The van der Waals surface area contributed by atoms with E-state index < -0.39 is 0 Å². The largest absolute Gasteiger partial charge is 0.372 e. The van der Waals surface area contributed by atoms with Crippen LogP contribution in [-0.2, 0) is 18.9 Å². The molecule has 4 fully saturated rings. The number of epoxide rings is 2. The van der Waals surface area contributed by atoms with Gasteiger partial charge in [-0.3, -0.25) is 0 Å². The maximum absolute atomic E-state index is 6.39. The summed E-state index contributed by atoms with van der Waals surface area (Å²) in [6, 6.07) is 0. The molecule has 4 aliphatic rings. The first kappa shape index (κ1) is 15.4. The summed E-state index contributed by atoms with van der Waals surface area (Å²) in [5.74, 6) is 0. The zero-order chi connectivity index (χ0) is 15.3. The molecule has 0 amide bonds. The normalized spacial score (nSPS) is 44.9. The summed E-state index contributed by atoms with van der Waals surface area (Å²) in [5, 5.41) is 0. The van der Waals surface area contributed by atoms with Crippen molar-refractivity contribution in [3.8, 4) is 0 Å². The predicted octanol–water partition coefficient (Wildman–Crippen LogP) is 3.22. The molecule has 0 N–H and O–H groups in total. The van der Waals surface area contributed by atoms with Gasteiger partial charge in [-0.2, -0.15) is 0 Å². The van der Waals surface area contributed by atoms with E-state index in [0.717, 1.165) is 19.3 Å². The van der Waals surface area contributed by atoms with Crippen LogP contribution in [0.3, 0.4) is 0 Å². The number of rotatable bonds is 6. The third-order valence-electron chi connectivity index (χ3n) is 5.59. The molecule has 0 bridgehead atoms. The average molecular weight is 310 g/mol.